The number of hydrogen-bond donors (Lipinski definition) is 0. The van der Waals surface area contributed by atoms with E-state index >= 15 is 0 Å². The van der Waals surface area contributed by atoms with Gasteiger partial charge in [-0.15, -0.1) is 11.3 Å². The number of rotatable bonds is 0. The highest BCUT2D eigenvalue weighted by molar-refractivity contribution is 7.10. The molecular formula is C10H12OS. The van der Waals surface area contributed by atoms with E-state index in [1.807, 2.05) is 11.4 Å². The second kappa shape index (κ2) is 2.43. The molecule has 0 saturated carbocycles. The smallest absolute Gasteiger partial charge is 0.164 e. The van der Waals surface area contributed by atoms with Crippen molar-refractivity contribution in [3.63, 3.8) is 0 Å². The van der Waals surface area contributed by atoms with Gasteiger partial charge in [0.2, 0.25) is 0 Å². The Kier molecular flexibility index (Phi) is 1.62. The Morgan fingerprint density at radius 1 is 1.42 bits per heavy atom. The molecule has 1 aliphatic carbocycles. The lowest BCUT2D eigenvalue weighted by molar-refractivity contribution is 0.0914. The summed E-state index contributed by atoms with van der Waals surface area (Å²) < 4.78 is 0. The van der Waals surface area contributed by atoms with Crippen molar-refractivity contribution < 1.29 is 4.79 Å². The zero-order valence-electron chi connectivity index (χ0n) is 7.39. The number of Topliss-reactive ketones (excluding diaryl/α,β-unsaturated/α-hetero) is 1. The molecule has 1 aliphatic rings. The summed E-state index contributed by atoms with van der Waals surface area (Å²) in [6, 6.07) is 1.96. The van der Waals surface area contributed by atoms with Crippen molar-refractivity contribution >= 4 is 17.1 Å². The van der Waals surface area contributed by atoms with Crippen molar-refractivity contribution in [2.45, 2.75) is 26.7 Å². The number of carbonyl (C=O) groups excluding carboxylic acids is 1. The summed E-state index contributed by atoms with van der Waals surface area (Å²) in [4.78, 5) is 12.8. The fraction of sp³-hybridized carbons (Fsp3) is 0.500. The molecule has 0 spiro atoms. The van der Waals surface area contributed by atoms with Gasteiger partial charge in [-0.2, -0.15) is 0 Å². The fourth-order valence-electron chi connectivity index (χ4n) is 1.75. The lowest BCUT2D eigenvalue weighted by Gasteiger charge is -2.27. The molecule has 0 radical (unpaired) electrons. The molecule has 2 rings (SSSR count). The monoisotopic (exact) mass is 180 g/mol. The molecule has 12 heavy (non-hydrogen) atoms. The maximum Gasteiger partial charge on any atom is 0.164 e. The second-order valence-corrected chi connectivity index (χ2v) is 5.20. The highest BCUT2D eigenvalue weighted by Crippen LogP contribution is 2.36. The van der Waals surface area contributed by atoms with Crippen molar-refractivity contribution in [2.24, 2.45) is 5.41 Å². The van der Waals surface area contributed by atoms with Crippen LogP contribution >= 0.6 is 11.3 Å². The number of fused-ring (bicyclic) bond motifs is 1. The summed E-state index contributed by atoms with van der Waals surface area (Å²) in [5.74, 6) is 0.322. The first-order valence-electron chi connectivity index (χ1n) is 4.18. The van der Waals surface area contributed by atoms with Crippen LogP contribution < -0.4 is 0 Å². The molecule has 0 amide bonds. The minimum absolute atomic E-state index is 0.176. The Hall–Kier alpha value is -0.630. The molecule has 1 nitrogen and oxygen atoms in total. The molecule has 0 bridgehead atoms. The van der Waals surface area contributed by atoms with Crippen molar-refractivity contribution in [3.8, 4) is 0 Å². The summed E-state index contributed by atoms with van der Waals surface area (Å²) in [6.45, 7) is 4.32. The first-order chi connectivity index (χ1) is 5.58. The summed E-state index contributed by atoms with van der Waals surface area (Å²) in [5.41, 5.74) is 1.15. The fourth-order valence-corrected chi connectivity index (χ4v) is 2.90. The lowest BCUT2D eigenvalue weighted by Crippen LogP contribution is -2.25. The topological polar surface area (TPSA) is 17.1 Å². The molecule has 64 valence electrons. The quantitative estimate of drug-likeness (QED) is 0.600. The average molecular weight is 180 g/mol. The largest absolute Gasteiger partial charge is 0.294 e. The van der Waals surface area contributed by atoms with Crippen LogP contribution in [0.4, 0.5) is 0 Å². The Morgan fingerprint density at radius 3 is 2.92 bits per heavy atom. The molecule has 0 aromatic carbocycles. The van der Waals surface area contributed by atoms with Crippen LogP contribution in [0.2, 0.25) is 0 Å². The SMILES string of the molecule is CC1(C)CC(=O)c2ccsc2C1. The Balaban J connectivity index is 2.45. The van der Waals surface area contributed by atoms with Crippen LogP contribution in [-0.2, 0) is 6.42 Å². The number of hydrogen-bond acceptors (Lipinski definition) is 2. The number of carbonyl (C=O) groups is 1. The van der Waals surface area contributed by atoms with Gasteiger partial charge in [0.05, 0.1) is 0 Å². The lowest BCUT2D eigenvalue weighted by atomic mass is 9.77. The van der Waals surface area contributed by atoms with E-state index in [-0.39, 0.29) is 5.41 Å². The van der Waals surface area contributed by atoms with Gasteiger partial charge in [0.1, 0.15) is 0 Å². The predicted octanol–water partition coefficient (Wildman–Crippen LogP) is 2.90. The third-order valence-corrected chi connectivity index (χ3v) is 3.24. The minimum atomic E-state index is 0.176. The van der Waals surface area contributed by atoms with Gasteiger partial charge in [-0.3, -0.25) is 4.79 Å². The number of thiophene rings is 1. The molecular weight excluding hydrogens is 168 g/mol. The molecule has 0 saturated heterocycles. The van der Waals surface area contributed by atoms with Crippen LogP contribution in [0.15, 0.2) is 11.4 Å². The maximum absolute atomic E-state index is 11.6. The number of ketones is 1. The van der Waals surface area contributed by atoms with Gasteiger partial charge in [-0.1, -0.05) is 13.8 Å². The van der Waals surface area contributed by atoms with Gasteiger partial charge in [-0.05, 0) is 23.3 Å². The molecule has 0 fully saturated rings. The second-order valence-electron chi connectivity index (χ2n) is 4.20. The van der Waals surface area contributed by atoms with Crippen molar-refractivity contribution in [1.82, 2.24) is 0 Å². The summed E-state index contributed by atoms with van der Waals surface area (Å²) in [7, 11) is 0. The first kappa shape index (κ1) is 7.99. The highest BCUT2D eigenvalue weighted by Gasteiger charge is 2.31. The third-order valence-electron chi connectivity index (χ3n) is 2.32. The summed E-state index contributed by atoms with van der Waals surface area (Å²) in [5, 5.41) is 2.02. The summed E-state index contributed by atoms with van der Waals surface area (Å²) in [6.07, 6.45) is 1.77. The van der Waals surface area contributed by atoms with E-state index in [1.165, 1.54) is 4.88 Å². The first-order valence-corrected chi connectivity index (χ1v) is 5.06. The molecule has 1 aromatic rings. The summed E-state index contributed by atoms with van der Waals surface area (Å²) >= 11 is 1.71. The molecule has 0 unspecified atom stereocenters. The molecule has 0 N–H and O–H groups in total. The van der Waals surface area contributed by atoms with Crippen molar-refractivity contribution in [3.05, 3.63) is 21.9 Å². The van der Waals surface area contributed by atoms with Crippen LogP contribution in [0.3, 0.4) is 0 Å². The van der Waals surface area contributed by atoms with Gasteiger partial charge >= 0.3 is 0 Å². The van der Waals surface area contributed by atoms with Gasteiger partial charge in [0, 0.05) is 16.9 Å². The predicted molar refractivity (Wildman–Crippen MR) is 50.8 cm³/mol. The van der Waals surface area contributed by atoms with E-state index in [4.69, 9.17) is 0 Å². The van der Waals surface area contributed by atoms with E-state index in [9.17, 15) is 4.79 Å². The van der Waals surface area contributed by atoms with Crippen molar-refractivity contribution in [1.29, 1.82) is 0 Å². The Labute approximate surface area is 76.4 Å². The average Bonchev–Trinajstić information content (AvgIpc) is 2.31. The van der Waals surface area contributed by atoms with Gasteiger partial charge in [-0.25, -0.2) is 0 Å². The molecule has 1 aromatic heterocycles. The van der Waals surface area contributed by atoms with Gasteiger partial charge < -0.3 is 0 Å². The molecule has 1 heterocycles. The van der Waals surface area contributed by atoms with Gasteiger partial charge in [0.15, 0.2) is 5.78 Å². The van der Waals surface area contributed by atoms with E-state index in [2.05, 4.69) is 13.8 Å². The molecule has 2 heteroatoms. The Morgan fingerprint density at radius 2 is 2.17 bits per heavy atom. The van der Waals surface area contributed by atoms with Crippen LogP contribution in [0, 0.1) is 5.41 Å². The van der Waals surface area contributed by atoms with Gasteiger partial charge in [0.25, 0.3) is 0 Å². The zero-order valence-corrected chi connectivity index (χ0v) is 8.20. The van der Waals surface area contributed by atoms with Crippen LogP contribution in [0.5, 0.6) is 0 Å². The van der Waals surface area contributed by atoms with Crippen LogP contribution in [0.1, 0.15) is 35.5 Å². The third kappa shape index (κ3) is 1.20. The highest BCUT2D eigenvalue weighted by atomic mass is 32.1. The van der Waals surface area contributed by atoms with E-state index < -0.39 is 0 Å². The minimum Gasteiger partial charge on any atom is -0.294 e. The molecule has 0 aliphatic heterocycles. The van der Waals surface area contributed by atoms with Crippen molar-refractivity contribution in [2.75, 3.05) is 0 Å². The van der Waals surface area contributed by atoms with E-state index in [0.29, 0.717) is 12.2 Å². The standard InChI is InChI=1S/C10H12OS/c1-10(2)5-8(11)7-3-4-12-9(7)6-10/h3-4H,5-6H2,1-2H3. The maximum atomic E-state index is 11.6. The molecule has 0 atom stereocenters. The Bertz CT molecular complexity index is 322. The normalized spacial score (nSPS) is 20.7. The van der Waals surface area contributed by atoms with Crippen LogP contribution in [0.25, 0.3) is 0 Å². The van der Waals surface area contributed by atoms with Crippen LogP contribution in [-0.4, -0.2) is 5.78 Å². The van der Waals surface area contributed by atoms with E-state index in [0.717, 1.165) is 12.0 Å². The van der Waals surface area contributed by atoms with E-state index in [1.54, 1.807) is 11.3 Å². The zero-order chi connectivity index (χ0) is 8.77.